The summed E-state index contributed by atoms with van der Waals surface area (Å²) in [5, 5.41) is 11.1. The molecule has 0 saturated heterocycles. The number of carbonyl (C=O) groups excluding carboxylic acids is 2. The molecule has 0 saturated carbocycles. The third-order valence-corrected chi connectivity index (χ3v) is 4.77. The first-order chi connectivity index (χ1) is 10.2. The van der Waals surface area contributed by atoms with Gasteiger partial charge in [-0.3, -0.25) is 4.79 Å². The minimum Gasteiger partial charge on any atom is -0.464 e. The number of ketones is 1. The average molecular weight is 320 g/mol. The first kappa shape index (κ1) is 16.6. The number of esters is 1. The van der Waals surface area contributed by atoms with Crippen LogP contribution < -0.4 is 0 Å². The molecule has 1 aromatic carbocycles. The van der Waals surface area contributed by atoms with Crippen molar-refractivity contribution in [2.24, 2.45) is 0 Å². The molecule has 2 aromatic rings. The molecule has 1 N–H and O–H groups in total. The van der Waals surface area contributed by atoms with Gasteiger partial charge in [0.2, 0.25) is 0 Å². The van der Waals surface area contributed by atoms with Crippen molar-refractivity contribution in [1.29, 1.82) is 0 Å². The maximum Gasteiger partial charge on any atom is 0.338 e. The molecule has 1 heterocycles. The number of benzene rings is 1. The highest BCUT2D eigenvalue weighted by atomic mass is 32.1. The second-order valence-corrected chi connectivity index (χ2v) is 6.76. The third-order valence-electron chi connectivity index (χ3n) is 3.63. The predicted octanol–water partition coefficient (Wildman–Crippen LogP) is 3.41. The van der Waals surface area contributed by atoms with Crippen molar-refractivity contribution in [3.05, 3.63) is 34.2 Å². The van der Waals surface area contributed by atoms with Crippen molar-refractivity contribution < 1.29 is 19.4 Å². The van der Waals surface area contributed by atoms with Crippen LogP contribution in [0.5, 0.6) is 0 Å². The number of aryl methyl sites for hydroxylation is 2. The zero-order chi connectivity index (χ0) is 16.5. The lowest BCUT2D eigenvalue weighted by molar-refractivity contribution is -0.162. The largest absolute Gasteiger partial charge is 0.464 e. The first-order valence-electron chi connectivity index (χ1n) is 7.18. The Bertz CT molecular complexity index is 689. The number of carbonyl (C=O) groups is 2. The molecular weight excluding hydrogens is 300 g/mol. The van der Waals surface area contributed by atoms with Crippen LogP contribution in [0.25, 0.3) is 10.1 Å². The van der Waals surface area contributed by atoms with Crippen molar-refractivity contribution in [3.8, 4) is 0 Å². The maximum atomic E-state index is 12.4. The summed E-state index contributed by atoms with van der Waals surface area (Å²) in [6.45, 7) is 7.20. The fourth-order valence-corrected chi connectivity index (χ4v) is 3.28. The van der Waals surface area contributed by atoms with Crippen molar-refractivity contribution in [2.75, 3.05) is 6.61 Å². The highest BCUT2D eigenvalue weighted by Crippen LogP contribution is 2.30. The van der Waals surface area contributed by atoms with E-state index in [1.165, 1.54) is 29.4 Å². The van der Waals surface area contributed by atoms with Crippen LogP contribution in [0.1, 0.15) is 41.1 Å². The van der Waals surface area contributed by atoms with E-state index in [1.807, 2.05) is 26.0 Å². The van der Waals surface area contributed by atoms with Crippen LogP contribution in [0.2, 0.25) is 0 Å². The first-order valence-corrected chi connectivity index (χ1v) is 8.00. The monoisotopic (exact) mass is 320 g/mol. The van der Waals surface area contributed by atoms with E-state index in [0.717, 1.165) is 10.1 Å². The highest BCUT2D eigenvalue weighted by Gasteiger charge is 2.35. The smallest absolute Gasteiger partial charge is 0.338 e. The molecule has 4 nitrogen and oxygen atoms in total. The van der Waals surface area contributed by atoms with E-state index in [0.29, 0.717) is 4.88 Å². The second kappa shape index (κ2) is 6.18. The van der Waals surface area contributed by atoms with Crippen LogP contribution >= 0.6 is 11.3 Å². The Labute approximate surface area is 133 Å². The molecule has 1 aromatic heterocycles. The number of fused-ring (bicyclic) bond motifs is 1. The van der Waals surface area contributed by atoms with E-state index in [1.54, 1.807) is 6.92 Å². The van der Waals surface area contributed by atoms with Gasteiger partial charge < -0.3 is 9.84 Å². The lowest BCUT2D eigenvalue weighted by atomic mass is 9.98. The van der Waals surface area contributed by atoms with Crippen LogP contribution in [0.3, 0.4) is 0 Å². The van der Waals surface area contributed by atoms with Gasteiger partial charge in [-0.2, -0.15) is 0 Å². The molecule has 0 aliphatic heterocycles. The van der Waals surface area contributed by atoms with Gasteiger partial charge >= 0.3 is 5.97 Å². The van der Waals surface area contributed by atoms with Gasteiger partial charge in [0.1, 0.15) is 0 Å². The van der Waals surface area contributed by atoms with E-state index < -0.39 is 11.6 Å². The number of rotatable bonds is 5. The molecule has 1 atom stereocenters. The Morgan fingerprint density at radius 1 is 1.23 bits per heavy atom. The SMILES string of the molecule is CCOC(=O)C(C)(O)CC(=O)c1cc2cc(C)c(C)cc2s1. The quantitative estimate of drug-likeness (QED) is 0.677. The van der Waals surface area contributed by atoms with Crippen LogP contribution in [0.15, 0.2) is 18.2 Å². The Morgan fingerprint density at radius 2 is 1.86 bits per heavy atom. The molecular formula is C17H20O4S. The van der Waals surface area contributed by atoms with E-state index >= 15 is 0 Å². The number of Topliss-reactive ketones (excluding diaryl/α,β-unsaturated/α-hetero) is 1. The molecule has 2 rings (SSSR count). The Morgan fingerprint density at radius 3 is 2.50 bits per heavy atom. The molecule has 0 bridgehead atoms. The van der Waals surface area contributed by atoms with Crippen molar-refractivity contribution in [2.45, 2.75) is 39.7 Å². The lowest BCUT2D eigenvalue weighted by Crippen LogP contribution is -2.39. The fraction of sp³-hybridized carbons (Fsp3) is 0.412. The van der Waals surface area contributed by atoms with Gasteiger partial charge in [-0.1, -0.05) is 6.07 Å². The Balaban J connectivity index is 2.24. The zero-order valence-electron chi connectivity index (χ0n) is 13.2. The van der Waals surface area contributed by atoms with Crippen LogP contribution in [0, 0.1) is 13.8 Å². The average Bonchev–Trinajstić information content (AvgIpc) is 2.82. The fourth-order valence-electron chi connectivity index (χ4n) is 2.20. The summed E-state index contributed by atoms with van der Waals surface area (Å²) in [5.41, 5.74) is 0.546. The molecule has 0 fully saturated rings. The van der Waals surface area contributed by atoms with E-state index in [9.17, 15) is 14.7 Å². The van der Waals surface area contributed by atoms with Gasteiger partial charge in [-0.25, -0.2) is 4.79 Å². The molecule has 0 amide bonds. The van der Waals surface area contributed by atoms with Gasteiger partial charge in [-0.05, 0) is 56.3 Å². The van der Waals surface area contributed by atoms with Crippen LogP contribution in [0.4, 0.5) is 0 Å². The molecule has 1 unspecified atom stereocenters. The second-order valence-electron chi connectivity index (χ2n) is 5.68. The topological polar surface area (TPSA) is 63.6 Å². The molecule has 0 radical (unpaired) electrons. The van der Waals surface area contributed by atoms with Crippen molar-refractivity contribution in [1.82, 2.24) is 0 Å². The van der Waals surface area contributed by atoms with Gasteiger partial charge in [0, 0.05) is 4.70 Å². The van der Waals surface area contributed by atoms with Gasteiger partial charge in [0.15, 0.2) is 11.4 Å². The summed E-state index contributed by atoms with van der Waals surface area (Å²) >= 11 is 1.38. The molecule has 0 aliphatic carbocycles. The molecule has 22 heavy (non-hydrogen) atoms. The van der Waals surface area contributed by atoms with E-state index in [2.05, 4.69) is 6.07 Å². The Kier molecular flexibility index (Phi) is 4.68. The molecule has 0 aliphatic rings. The lowest BCUT2D eigenvalue weighted by Gasteiger charge is -2.19. The number of hydrogen-bond acceptors (Lipinski definition) is 5. The summed E-state index contributed by atoms with van der Waals surface area (Å²) in [6.07, 6.45) is -0.281. The minimum atomic E-state index is -1.80. The van der Waals surface area contributed by atoms with Crippen LogP contribution in [-0.2, 0) is 9.53 Å². The van der Waals surface area contributed by atoms with Crippen LogP contribution in [-0.4, -0.2) is 29.1 Å². The van der Waals surface area contributed by atoms with Gasteiger partial charge in [-0.15, -0.1) is 11.3 Å². The molecule has 5 heteroatoms. The predicted molar refractivity (Wildman–Crippen MR) is 87.5 cm³/mol. The third kappa shape index (κ3) is 3.36. The zero-order valence-corrected chi connectivity index (χ0v) is 14.0. The van der Waals surface area contributed by atoms with E-state index in [-0.39, 0.29) is 18.8 Å². The van der Waals surface area contributed by atoms with Gasteiger partial charge in [0.25, 0.3) is 0 Å². The van der Waals surface area contributed by atoms with E-state index in [4.69, 9.17) is 4.74 Å². The molecule has 0 spiro atoms. The van der Waals surface area contributed by atoms with Crippen molar-refractivity contribution in [3.63, 3.8) is 0 Å². The summed E-state index contributed by atoms with van der Waals surface area (Å²) in [4.78, 5) is 24.6. The summed E-state index contributed by atoms with van der Waals surface area (Å²) in [7, 11) is 0. The Hall–Kier alpha value is -1.72. The summed E-state index contributed by atoms with van der Waals surface area (Å²) in [5.74, 6) is -1.02. The summed E-state index contributed by atoms with van der Waals surface area (Å²) in [6, 6.07) is 5.91. The highest BCUT2D eigenvalue weighted by molar-refractivity contribution is 7.20. The normalized spacial score (nSPS) is 13.9. The number of hydrogen-bond donors (Lipinski definition) is 1. The number of thiophene rings is 1. The van der Waals surface area contributed by atoms with Crippen molar-refractivity contribution >= 4 is 33.2 Å². The summed E-state index contributed by atoms with van der Waals surface area (Å²) < 4.78 is 5.83. The molecule has 118 valence electrons. The minimum absolute atomic E-state index is 0.171. The number of aliphatic hydroxyl groups is 1. The van der Waals surface area contributed by atoms with Gasteiger partial charge in [0.05, 0.1) is 17.9 Å². The standard InChI is InChI=1S/C17H20O4S/c1-5-21-16(19)17(4,20)9-13(18)15-8-12-6-10(2)11(3)7-14(12)22-15/h6-8,20H,5,9H2,1-4H3. The number of ether oxygens (including phenoxy) is 1. The maximum absolute atomic E-state index is 12.4.